The summed E-state index contributed by atoms with van der Waals surface area (Å²) in [6.45, 7) is -0.990. The number of carbonyl (C=O) groups is 1. The molecule has 0 saturated carbocycles. The lowest BCUT2D eigenvalue weighted by Crippen LogP contribution is -2.38. The first-order valence-corrected chi connectivity index (χ1v) is 6.10. The van der Waals surface area contributed by atoms with Gasteiger partial charge in [-0.2, -0.15) is 0 Å². The summed E-state index contributed by atoms with van der Waals surface area (Å²) in [6, 6.07) is 6.67. The monoisotopic (exact) mass is 288 g/mol. The molecule has 0 spiro atoms. The molecule has 7 heteroatoms. The van der Waals surface area contributed by atoms with Crippen molar-refractivity contribution in [2.24, 2.45) is 0 Å². The average Bonchev–Trinajstić information content (AvgIpc) is 2.39. The van der Waals surface area contributed by atoms with Gasteiger partial charge in [0.1, 0.15) is 5.75 Å². The highest BCUT2D eigenvalue weighted by Crippen LogP contribution is 2.14. The predicted molar refractivity (Wildman–Crippen MR) is 71.2 cm³/mol. The molecule has 1 amide bonds. The Morgan fingerprint density at radius 1 is 1.40 bits per heavy atom. The largest absolute Gasteiger partial charge is 0.497 e. The standard InChI is InChI=1S/C13H18F2N2O3/c1-20-11-4-2-10(3-5-11)16-13(19)9-17(6-7-18)8-12(14)15/h2-5,12,18H,6-9H2,1H3,(H,16,19). The Morgan fingerprint density at radius 2 is 2.05 bits per heavy atom. The quantitative estimate of drug-likeness (QED) is 0.754. The third kappa shape index (κ3) is 5.94. The molecule has 0 unspecified atom stereocenters. The van der Waals surface area contributed by atoms with Crippen molar-refractivity contribution in [1.29, 1.82) is 0 Å². The summed E-state index contributed by atoms with van der Waals surface area (Å²) < 4.78 is 29.6. The molecule has 112 valence electrons. The van der Waals surface area contributed by atoms with Gasteiger partial charge in [-0.05, 0) is 24.3 Å². The number of anilines is 1. The molecule has 0 aromatic heterocycles. The van der Waals surface area contributed by atoms with E-state index in [-0.39, 0.29) is 19.7 Å². The van der Waals surface area contributed by atoms with Gasteiger partial charge in [-0.15, -0.1) is 0 Å². The maximum Gasteiger partial charge on any atom is 0.251 e. The van der Waals surface area contributed by atoms with Crippen molar-refractivity contribution < 1.29 is 23.4 Å². The average molecular weight is 288 g/mol. The normalized spacial score (nSPS) is 10.9. The molecular weight excluding hydrogens is 270 g/mol. The molecule has 0 aliphatic heterocycles. The SMILES string of the molecule is COc1ccc(NC(=O)CN(CCO)CC(F)F)cc1. The van der Waals surface area contributed by atoms with E-state index >= 15 is 0 Å². The molecule has 0 bridgehead atoms. The smallest absolute Gasteiger partial charge is 0.251 e. The number of alkyl halides is 2. The van der Waals surface area contributed by atoms with Gasteiger partial charge < -0.3 is 15.2 Å². The third-order valence-electron chi connectivity index (χ3n) is 2.55. The zero-order valence-electron chi connectivity index (χ0n) is 11.2. The number of halogens is 2. The van der Waals surface area contributed by atoms with Crippen LogP contribution in [-0.2, 0) is 4.79 Å². The van der Waals surface area contributed by atoms with Crippen molar-refractivity contribution in [3.63, 3.8) is 0 Å². The van der Waals surface area contributed by atoms with Crippen LogP contribution in [0.5, 0.6) is 5.75 Å². The second-order valence-electron chi connectivity index (χ2n) is 4.13. The molecule has 1 aromatic rings. The number of hydrogen-bond acceptors (Lipinski definition) is 4. The fourth-order valence-electron chi connectivity index (χ4n) is 1.65. The van der Waals surface area contributed by atoms with Gasteiger partial charge in [-0.25, -0.2) is 8.78 Å². The van der Waals surface area contributed by atoms with Crippen molar-refractivity contribution in [1.82, 2.24) is 4.90 Å². The van der Waals surface area contributed by atoms with Crippen LogP contribution in [0.4, 0.5) is 14.5 Å². The summed E-state index contributed by atoms with van der Waals surface area (Å²) in [5, 5.41) is 11.4. The van der Waals surface area contributed by atoms with E-state index in [4.69, 9.17) is 9.84 Å². The summed E-state index contributed by atoms with van der Waals surface area (Å²) in [6.07, 6.45) is -2.55. The Hall–Kier alpha value is -1.73. The number of nitrogens with one attached hydrogen (secondary N) is 1. The number of benzene rings is 1. The van der Waals surface area contributed by atoms with Crippen molar-refractivity contribution >= 4 is 11.6 Å². The Balaban J connectivity index is 2.51. The number of ether oxygens (including phenoxy) is 1. The van der Waals surface area contributed by atoms with E-state index in [1.165, 1.54) is 12.0 Å². The first-order chi connectivity index (χ1) is 9.55. The Labute approximate surface area is 116 Å². The van der Waals surface area contributed by atoms with Crippen LogP contribution in [0.2, 0.25) is 0 Å². The minimum absolute atomic E-state index is 0.0281. The van der Waals surface area contributed by atoms with Gasteiger partial charge in [-0.1, -0.05) is 0 Å². The molecular formula is C13H18F2N2O3. The van der Waals surface area contributed by atoms with Crippen LogP contribution in [0.15, 0.2) is 24.3 Å². The zero-order valence-corrected chi connectivity index (χ0v) is 11.2. The first-order valence-electron chi connectivity index (χ1n) is 6.10. The van der Waals surface area contributed by atoms with Gasteiger partial charge in [0.2, 0.25) is 5.91 Å². The van der Waals surface area contributed by atoms with Crippen LogP contribution in [0, 0.1) is 0 Å². The third-order valence-corrected chi connectivity index (χ3v) is 2.55. The number of amides is 1. The van der Waals surface area contributed by atoms with Gasteiger partial charge in [0.25, 0.3) is 6.43 Å². The lowest BCUT2D eigenvalue weighted by atomic mass is 10.3. The minimum atomic E-state index is -2.55. The number of aliphatic hydroxyl groups excluding tert-OH is 1. The topological polar surface area (TPSA) is 61.8 Å². The molecule has 0 radical (unpaired) electrons. The van der Waals surface area contributed by atoms with E-state index in [2.05, 4.69) is 5.32 Å². The molecule has 5 nitrogen and oxygen atoms in total. The Morgan fingerprint density at radius 3 is 2.55 bits per heavy atom. The van der Waals surface area contributed by atoms with Crippen LogP contribution < -0.4 is 10.1 Å². The lowest BCUT2D eigenvalue weighted by Gasteiger charge is -2.20. The summed E-state index contributed by atoms with van der Waals surface area (Å²) >= 11 is 0. The molecule has 2 N–H and O–H groups in total. The summed E-state index contributed by atoms with van der Waals surface area (Å²) in [5.74, 6) is 0.242. The number of carbonyl (C=O) groups excluding carboxylic acids is 1. The molecule has 20 heavy (non-hydrogen) atoms. The zero-order chi connectivity index (χ0) is 15.0. The van der Waals surface area contributed by atoms with Crippen LogP contribution >= 0.6 is 0 Å². The number of aliphatic hydroxyl groups is 1. The van der Waals surface area contributed by atoms with E-state index in [1.807, 2.05) is 0 Å². The minimum Gasteiger partial charge on any atom is -0.497 e. The van der Waals surface area contributed by atoms with Crippen LogP contribution in [0.1, 0.15) is 0 Å². The molecule has 0 aliphatic rings. The van der Waals surface area contributed by atoms with Crippen molar-refractivity contribution in [2.45, 2.75) is 6.43 Å². The Kier molecular flexibility index (Phi) is 6.89. The van der Waals surface area contributed by atoms with Crippen molar-refractivity contribution in [3.05, 3.63) is 24.3 Å². The highest BCUT2D eigenvalue weighted by atomic mass is 19.3. The van der Waals surface area contributed by atoms with E-state index in [9.17, 15) is 13.6 Å². The fourth-order valence-corrected chi connectivity index (χ4v) is 1.65. The summed E-state index contributed by atoms with van der Waals surface area (Å²) in [7, 11) is 1.53. The van der Waals surface area contributed by atoms with E-state index in [1.54, 1.807) is 24.3 Å². The van der Waals surface area contributed by atoms with Gasteiger partial charge in [0.15, 0.2) is 0 Å². The summed E-state index contributed by atoms with van der Waals surface area (Å²) in [4.78, 5) is 12.9. The Bertz CT molecular complexity index is 413. The van der Waals surface area contributed by atoms with E-state index < -0.39 is 18.9 Å². The van der Waals surface area contributed by atoms with Crippen LogP contribution in [0.25, 0.3) is 0 Å². The molecule has 1 aromatic carbocycles. The second kappa shape index (κ2) is 8.44. The number of methoxy groups -OCH3 is 1. The van der Waals surface area contributed by atoms with E-state index in [0.717, 1.165) is 0 Å². The van der Waals surface area contributed by atoms with Crippen molar-refractivity contribution in [2.75, 3.05) is 38.7 Å². The maximum atomic E-state index is 12.3. The fraction of sp³-hybridized carbons (Fsp3) is 0.462. The highest BCUT2D eigenvalue weighted by molar-refractivity contribution is 5.92. The van der Waals surface area contributed by atoms with Gasteiger partial charge in [0, 0.05) is 12.2 Å². The maximum absolute atomic E-state index is 12.3. The number of hydrogen-bond donors (Lipinski definition) is 2. The van der Waals surface area contributed by atoms with Gasteiger partial charge >= 0.3 is 0 Å². The van der Waals surface area contributed by atoms with Crippen LogP contribution in [-0.4, -0.2) is 55.7 Å². The first kappa shape index (κ1) is 16.3. The van der Waals surface area contributed by atoms with Gasteiger partial charge in [-0.3, -0.25) is 9.69 Å². The molecule has 0 heterocycles. The molecule has 0 fully saturated rings. The lowest BCUT2D eigenvalue weighted by molar-refractivity contribution is -0.117. The van der Waals surface area contributed by atoms with E-state index in [0.29, 0.717) is 11.4 Å². The predicted octanol–water partition coefficient (Wildman–Crippen LogP) is 1.19. The highest BCUT2D eigenvalue weighted by Gasteiger charge is 2.15. The van der Waals surface area contributed by atoms with Gasteiger partial charge in [0.05, 0.1) is 26.8 Å². The second-order valence-corrected chi connectivity index (χ2v) is 4.13. The number of rotatable bonds is 8. The van der Waals surface area contributed by atoms with Crippen molar-refractivity contribution in [3.8, 4) is 5.75 Å². The molecule has 0 atom stereocenters. The summed E-state index contributed by atoms with van der Waals surface area (Å²) in [5.41, 5.74) is 0.553. The number of nitrogens with zero attached hydrogens (tertiary/aromatic N) is 1. The molecule has 0 aliphatic carbocycles. The van der Waals surface area contributed by atoms with Crippen LogP contribution in [0.3, 0.4) is 0 Å². The molecule has 0 saturated heterocycles. The molecule has 1 rings (SSSR count).